The zero-order valence-electron chi connectivity index (χ0n) is 14.3. The van der Waals surface area contributed by atoms with Gasteiger partial charge in [0.25, 0.3) is 5.91 Å². The van der Waals surface area contributed by atoms with Crippen molar-refractivity contribution < 1.29 is 9.18 Å². The second-order valence-electron chi connectivity index (χ2n) is 6.57. The minimum atomic E-state index is -0.245. The van der Waals surface area contributed by atoms with Crippen LogP contribution in [0.3, 0.4) is 0 Å². The van der Waals surface area contributed by atoms with E-state index in [2.05, 4.69) is 15.6 Å². The molecule has 132 valence electrons. The molecule has 3 rings (SSSR count). The lowest BCUT2D eigenvalue weighted by Gasteiger charge is -2.16. The highest BCUT2D eigenvalue weighted by atomic mass is 19.1. The van der Waals surface area contributed by atoms with E-state index < -0.39 is 0 Å². The molecular formula is C20H24FN3O. The summed E-state index contributed by atoms with van der Waals surface area (Å²) in [4.78, 5) is 16.6. The third-order valence-corrected chi connectivity index (χ3v) is 4.63. The molecule has 0 aliphatic heterocycles. The predicted octanol–water partition coefficient (Wildman–Crippen LogP) is 4.29. The average molecular weight is 341 g/mol. The minimum Gasteiger partial charge on any atom is -0.380 e. The molecule has 1 aromatic carbocycles. The van der Waals surface area contributed by atoms with E-state index in [-0.39, 0.29) is 17.8 Å². The maximum absolute atomic E-state index is 13.7. The Morgan fingerprint density at radius 1 is 1.12 bits per heavy atom. The number of aromatic nitrogens is 1. The van der Waals surface area contributed by atoms with E-state index in [0.29, 0.717) is 23.4 Å². The van der Waals surface area contributed by atoms with E-state index in [1.165, 1.54) is 31.7 Å². The summed E-state index contributed by atoms with van der Waals surface area (Å²) in [6.07, 6.45) is 10.2. The molecule has 0 saturated heterocycles. The molecule has 25 heavy (non-hydrogen) atoms. The molecule has 1 saturated carbocycles. The Morgan fingerprint density at radius 3 is 2.64 bits per heavy atom. The van der Waals surface area contributed by atoms with Gasteiger partial charge in [-0.1, -0.05) is 43.9 Å². The van der Waals surface area contributed by atoms with Gasteiger partial charge in [-0.3, -0.25) is 9.78 Å². The van der Waals surface area contributed by atoms with E-state index in [9.17, 15) is 9.18 Å². The third kappa shape index (κ3) is 5.02. The molecule has 1 amide bonds. The second kappa shape index (κ2) is 8.60. The molecule has 5 heteroatoms. The van der Waals surface area contributed by atoms with Crippen LogP contribution in [0.1, 0.15) is 54.4 Å². The maximum atomic E-state index is 13.7. The van der Waals surface area contributed by atoms with Crippen molar-refractivity contribution in [2.45, 2.75) is 51.1 Å². The summed E-state index contributed by atoms with van der Waals surface area (Å²) in [6.45, 7) is 0.349. The summed E-state index contributed by atoms with van der Waals surface area (Å²) in [6, 6.07) is 8.66. The lowest BCUT2D eigenvalue weighted by Crippen LogP contribution is -2.34. The first-order valence-electron chi connectivity index (χ1n) is 8.95. The number of amides is 1. The Morgan fingerprint density at radius 2 is 1.88 bits per heavy atom. The molecule has 2 aromatic rings. The number of pyridine rings is 1. The molecule has 1 aliphatic rings. The largest absolute Gasteiger partial charge is 0.380 e. The van der Waals surface area contributed by atoms with E-state index in [1.807, 2.05) is 0 Å². The topological polar surface area (TPSA) is 54.0 Å². The highest BCUT2D eigenvalue weighted by Gasteiger charge is 2.16. The summed E-state index contributed by atoms with van der Waals surface area (Å²) < 4.78 is 13.7. The maximum Gasteiger partial charge on any atom is 0.253 e. The van der Waals surface area contributed by atoms with E-state index in [1.54, 1.807) is 36.7 Å². The fourth-order valence-electron chi connectivity index (χ4n) is 3.19. The number of anilines is 1. The van der Waals surface area contributed by atoms with Gasteiger partial charge in [-0.2, -0.15) is 0 Å². The first-order chi connectivity index (χ1) is 12.2. The first kappa shape index (κ1) is 17.4. The highest BCUT2D eigenvalue weighted by Crippen LogP contribution is 2.18. The van der Waals surface area contributed by atoms with E-state index in [4.69, 9.17) is 0 Å². The molecule has 0 bridgehead atoms. The Bertz CT molecular complexity index is 712. The van der Waals surface area contributed by atoms with Gasteiger partial charge in [-0.15, -0.1) is 0 Å². The van der Waals surface area contributed by atoms with Crippen LogP contribution in [0, 0.1) is 5.82 Å². The SMILES string of the molecule is O=C(NC1CCCCCC1)c1cncc(NCc2ccccc2F)c1. The number of rotatable bonds is 5. The molecule has 0 spiro atoms. The molecule has 1 aromatic heterocycles. The smallest absolute Gasteiger partial charge is 0.253 e. The lowest BCUT2D eigenvalue weighted by molar-refractivity contribution is 0.0933. The van der Waals surface area contributed by atoms with Crippen molar-refractivity contribution in [3.05, 3.63) is 59.7 Å². The minimum absolute atomic E-state index is 0.0889. The van der Waals surface area contributed by atoms with Crippen molar-refractivity contribution >= 4 is 11.6 Å². The normalized spacial score (nSPS) is 15.4. The van der Waals surface area contributed by atoms with Gasteiger partial charge in [0, 0.05) is 30.5 Å². The number of carbonyl (C=O) groups excluding carboxylic acids is 1. The van der Waals surface area contributed by atoms with Crippen LogP contribution in [0.2, 0.25) is 0 Å². The van der Waals surface area contributed by atoms with Crippen molar-refractivity contribution in [3.8, 4) is 0 Å². The van der Waals surface area contributed by atoms with Gasteiger partial charge in [0.05, 0.1) is 11.3 Å². The Hall–Kier alpha value is -2.43. The third-order valence-electron chi connectivity index (χ3n) is 4.63. The number of hydrogen-bond donors (Lipinski definition) is 2. The monoisotopic (exact) mass is 341 g/mol. The van der Waals surface area contributed by atoms with Crippen LogP contribution in [0.15, 0.2) is 42.7 Å². The van der Waals surface area contributed by atoms with Crippen molar-refractivity contribution in [1.82, 2.24) is 10.3 Å². The quantitative estimate of drug-likeness (QED) is 0.798. The van der Waals surface area contributed by atoms with Gasteiger partial charge < -0.3 is 10.6 Å². The number of carbonyl (C=O) groups is 1. The van der Waals surface area contributed by atoms with Crippen LogP contribution < -0.4 is 10.6 Å². The van der Waals surface area contributed by atoms with Crippen molar-refractivity contribution in [2.24, 2.45) is 0 Å². The summed E-state index contributed by atoms with van der Waals surface area (Å²) in [5.74, 6) is -0.334. The second-order valence-corrected chi connectivity index (χ2v) is 6.57. The predicted molar refractivity (Wildman–Crippen MR) is 96.9 cm³/mol. The van der Waals surface area contributed by atoms with Gasteiger partial charge >= 0.3 is 0 Å². The molecule has 0 unspecified atom stereocenters. The summed E-state index contributed by atoms with van der Waals surface area (Å²) in [7, 11) is 0. The molecule has 1 fully saturated rings. The van der Waals surface area contributed by atoms with Gasteiger partial charge in [0.15, 0.2) is 0 Å². The molecule has 4 nitrogen and oxygen atoms in total. The summed E-state index contributed by atoms with van der Waals surface area (Å²) >= 11 is 0. The summed E-state index contributed by atoms with van der Waals surface area (Å²) in [5.41, 5.74) is 1.82. The van der Waals surface area contributed by atoms with Crippen LogP contribution in [0.5, 0.6) is 0 Å². The highest BCUT2D eigenvalue weighted by molar-refractivity contribution is 5.94. The van der Waals surface area contributed by atoms with Gasteiger partial charge in [-0.05, 0) is 25.0 Å². The van der Waals surface area contributed by atoms with Crippen molar-refractivity contribution in [2.75, 3.05) is 5.32 Å². The van der Waals surface area contributed by atoms with Gasteiger partial charge in [0.2, 0.25) is 0 Å². The number of benzene rings is 1. The fraction of sp³-hybridized carbons (Fsp3) is 0.400. The van der Waals surface area contributed by atoms with Crippen LogP contribution >= 0.6 is 0 Å². The zero-order chi connectivity index (χ0) is 17.5. The average Bonchev–Trinajstić information content (AvgIpc) is 2.90. The molecular weight excluding hydrogens is 317 g/mol. The fourth-order valence-corrected chi connectivity index (χ4v) is 3.19. The Kier molecular flexibility index (Phi) is 5.99. The van der Waals surface area contributed by atoms with Crippen LogP contribution in [0.25, 0.3) is 0 Å². The van der Waals surface area contributed by atoms with Gasteiger partial charge in [0.1, 0.15) is 5.82 Å². The number of nitrogens with zero attached hydrogens (tertiary/aromatic N) is 1. The number of nitrogens with one attached hydrogen (secondary N) is 2. The standard InChI is InChI=1S/C20H24FN3O/c21-19-10-6-5-7-15(19)13-23-18-11-16(12-22-14-18)20(25)24-17-8-3-1-2-4-9-17/h5-7,10-12,14,17,23H,1-4,8-9,13H2,(H,24,25). The van der Waals surface area contributed by atoms with Crippen LogP contribution in [0.4, 0.5) is 10.1 Å². The number of hydrogen-bond acceptors (Lipinski definition) is 3. The number of halogens is 1. The first-order valence-corrected chi connectivity index (χ1v) is 8.95. The molecule has 1 heterocycles. The zero-order valence-corrected chi connectivity index (χ0v) is 14.3. The van der Waals surface area contributed by atoms with Crippen molar-refractivity contribution in [1.29, 1.82) is 0 Å². The van der Waals surface area contributed by atoms with Crippen molar-refractivity contribution in [3.63, 3.8) is 0 Å². The Labute approximate surface area is 147 Å². The molecule has 0 atom stereocenters. The van der Waals surface area contributed by atoms with Crippen LogP contribution in [-0.4, -0.2) is 16.9 Å². The lowest BCUT2D eigenvalue weighted by atomic mass is 10.1. The molecule has 0 radical (unpaired) electrons. The summed E-state index contributed by atoms with van der Waals surface area (Å²) in [5, 5.41) is 6.25. The van der Waals surface area contributed by atoms with E-state index >= 15 is 0 Å². The Balaban J connectivity index is 1.60. The molecule has 2 N–H and O–H groups in total. The van der Waals surface area contributed by atoms with E-state index in [0.717, 1.165) is 12.8 Å². The van der Waals surface area contributed by atoms with Crippen LogP contribution in [-0.2, 0) is 6.54 Å². The molecule has 1 aliphatic carbocycles. The van der Waals surface area contributed by atoms with Gasteiger partial charge in [-0.25, -0.2) is 4.39 Å².